The average Bonchev–Trinajstić information content (AvgIpc) is 2.28. The smallest absolute Gasteiger partial charge is 0.225 e. The summed E-state index contributed by atoms with van der Waals surface area (Å²) in [6, 6.07) is 0.196. The van der Waals surface area contributed by atoms with Crippen LogP contribution in [0.15, 0.2) is 0 Å². The van der Waals surface area contributed by atoms with E-state index in [-0.39, 0.29) is 12.0 Å². The van der Waals surface area contributed by atoms with E-state index in [0.717, 1.165) is 51.6 Å². The van der Waals surface area contributed by atoms with E-state index in [9.17, 15) is 4.79 Å². The summed E-state index contributed by atoms with van der Waals surface area (Å²) in [5, 5.41) is 0. The van der Waals surface area contributed by atoms with Crippen LogP contribution in [-0.4, -0.2) is 29.9 Å². The van der Waals surface area contributed by atoms with Gasteiger partial charge in [0.25, 0.3) is 0 Å². The molecule has 0 bridgehead atoms. The second-order valence-corrected chi connectivity index (χ2v) is 4.96. The van der Waals surface area contributed by atoms with Crippen LogP contribution in [0.3, 0.4) is 0 Å². The highest BCUT2D eigenvalue weighted by Gasteiger charge is 2.26. The Morgan fingerprint density at radius 3 is 2.50 bits per heavy atom. The number of hydrogen-bond donors (Lipinski definition) is 1. The van der Waals surface area contributed by atoms with Crippen molar-refractivity contribution >= 4 is 5.91 Å². The molecule has 16 heavy (non-hydrogen) atoms. The standard InChI is InChI=1S/C13H26N2O/c1-3-6-11(7-4-2)13(16)15-9-5-8-12(14)10-15/h11-12H,3-10,14H2,1-2H3/t12-/m1/s1. The molecule has 1 aliphatic heterocycles. The molecule has 3 heteroatoms. The fraction of sp³-hybridized carbons (Fsp3) is 0.923. The molecule has 1 heterocycles. The lowest BCUT2D eigenvalue weighted by Crippen LogP contribution is -2.47. The van der Waals surface area contributed by atoms with Gasteiger partial charge in [0, 0.05) is 25.0 Å². The lowest BCUT2D eigenvalue weighted by molar-refractivity contribution is -0.137. The molecule has 1 atom stereocenters. The Bertz CT molecular complexity index is 205. The Kier molecular flexibility index (Phi) is 5.81. The number of carbonyl (C=O) groups is 1. The number of amides is 1. The highest BCUT2D eigenvalue weighted by Crippen LogP contribution is 2.19. The summed E-state index contributed by atoms with van der Waals surface area (Å²) in [7, 11) is 0. The van der Waals surface area contributed by atoms with Crippen molar-refractivity contribution in [3.05, 3.63) is 0 Å². The van der Waals surface area contributed by atoms with E-state index in [1.807, 2.05) is 4.90 Å². The molecule has 94 valence electrons. The SMILES string of the molecule is CCCC(CCC)C(=O)N1CCC[C@@H](N)C1. The maximum Gasteiger partial charge on any atom is 0.225 e. The minimum Gasteiger partial charge on any atom is -0.341 e. The van der Waals surface area contributed by atoms with Gasteiger partial charge in [-0.3, -0.25) is 4.79 Å². The van der Waals surface area contributed by atoms with Gasteiger partial charge < -0.3 is 10.6 Å². The van der Waals surface area contributed by atoms with E-state index in [1.165, 1.54) is 0 Å². The van der Waals surface area contributed by atoms with E-state index in [0.29, 0.717) is 5.91 Å². The first kappa shape index (κ1) is 13.5. The van der Waals surface area contributed by atoms with Gasteiger partial charge in [0.05, 0.1) is 0 Å². The van der Waals surface area contributed by atoms with Gasteiger partial charge in [-0.05, 0) is 25.7 Å². The molecule has 1 aliphatic rings. The van der Waals surface area contributed by atoms with Crippen molar-refractivity contribution in [2.75, 3.05) is 13.1 Å². The number of nitrogens with zero attached hydrogens (tertiary/aromatic N) is 1. The minimum absolute atomic E-state index is 0.196. The first-order chi connectivity index (χ1) is 7.69. The quantitative estimate of drug-likeness (QED) is 0.781. The van der Waals surface area contributed by atoms with Crippen molar-refractivity contribution in [2.24, 2.45) is 11.7 Å². The van der Waals surface area contributed by atoms with E-state index in [4.69, 9.17) is 5.73 Å². The normalized spacial score (nSPS) is 21.5. The van der Waals surface area contributed by atoms with Gasteiger partial charge in [0.1, 0.15) is 0 Å². The second kappa shape index (κ2) is 6.89. The van der Waals surface area contributed by atoms with Crippen LogP contribution in [-0.2, 0) is 4.79 Å². The van der Waals surface area contributed by atoms with Crippen molar-refractivity contribution in [3.8, 4) is 0 Å². The minimum atomic E-state index is 0.196. The third kappa shape index (κ3) is 3.78. The van der Waals surface area contributed by atoms with Gasteiger partial charge in [-0.25, -0.2) is 0 Å². The van der Waals surface area contributed by atoms with E-state index in [2.05, 4.69) is 13.8 Å². The number of likely N-dealkylation sites (tertiary alicyclic amines) is 1. The molecule has 1 rings (SSSR count). The summed E-state index contributed by atoms with van der Waals surface area (Å²) < 4.78 is 0. The van der Waals surface area contributed by atoms with Crippen molar-refractivity contribution in [1.82, 2.24) is 4.90 Å². The number of carbonyl (C=O) groups excluding carboxylic acids is 1. The molecule has 0 aromatic rings. The van der Waals surface area contributed by atoms with Gasteiger partial charge >= 0.3 is 0 Å². The predicted molar refractivity (Wildman–Crippen MR) is 67.1 cm³/mol. The molecule has 2 N–H and O–H groups in total. The van der Waals surface area contributed by atoms with Gasteiger partial charge in [-0.15, -0.1) is 0 Å². The summed E-state index contributed by atoms with van der Waals surface area (Å²) in [6.07, 6.45) is 6.37. The van der Waals surface area contributed by atoms with E-state index in [1.54, 1.807) is 0 Å². The molecule has 1 saturated heterocycles. The van der Waals surface area contributed by atoms with Gasteiger partial charge in [-0.1, -0.05) is 26.7 Å². The molecule has 3 nitrogen and oxygen atoms in total. The van der Waals surface area contributed by atoms with Crippen molar-refractivity contribution in [3.63, 3.8) is 0 Å². The molecular formula is C13H26N2O. The van der Waals surface area contributed by atoms with Crippen molar-refractivity contribution in [1.29, 1.82) is 0 Å². The summed E-state index contributed by atoms with van der Waals surface area (Å²) in [5.74, 6) is 0.583. The Hall–Kier alpha value is -0.570. The van der Waals surface area contributed by atoms with Gasteiger partial charge in [0.2, 0.25) is 5.91 Å². The Morgan fingerprint density at radius 1 is 1.38 bits per heavy atom. The molecule has 0 aromatic carbocycles. The van der Waals surface area contributed by atoms with Crippen LogP contribution in [0.5, 0.6) is 0 Å². The summed E-state index contributed by atoms with van der Waals surface area (Å²) in [4.78, 5) is 14.3. The van der Waals surface area contributed by atoms with Gasteiger partial charge in [-0.2, -0.15) is 0 Å². The van der Waals surface area contributed by atoms with Crippen LogP contribution in [0.25, 0.3) is 0 Å². The van der Waals surface area contributed by atoms with E-state index >= 15 is 0 Å². The summed E-state index contributed by atoms with van der Waals surface area (Å²) >= 11 is 0. The second-order valence-electron chi connectivity index (χ2n) is 4.96. The molecular weight excluding hydrogens is 200 g/mol. The number of nitrogens with two attached hydrogens (primary N) is 1. The zero-order chi connectivity index (χ0) is 12.0. The largest absolute Gasteiger partial charge is 0.341 e. The lowest BCUT2D eigenvalue weighted by Gasteiger charge is -2.33. The molecule has 1 amide bonds. The highest BCUT2D eigenvalue weighted by molar-refractivity contribution is 5.79. The lowest BCUT2D eigenvalue weighted by atomic mass is 9.95. The van der Waals surface area contributed by atoms with Crippen LogP contribution in [0.1, 0.15) is 52.4 Å². The monoisotopic (exact) mass is 226 g/mol. The maximum atomic E-state index is 12.3. The molecule has 0 spiro atoms. The zero-order valence-corrected chi connectivity index (χ0v) is 10.7. The molecule has 1 fully saturated rings. The Morgan fingerprint density at radius 2 is 2.00 bits per heavy atom. The number of hydrogen-bond acceptors (Lipinski definition) is 2. The summed E-state index contributed by atoms with van der Waals surface area (Å²) in [6.45, 7) is 5.98. The third-order valence-electron chi connectivity index (χ3n) is 3.39. The fourth-order valence-electron chi connectivity index (χ4n) is 2.56. The third-order valence-corrected chi connectivity index (χ3v) is 3.39. The van der Waals surface area contributed by atoms with Crippen LogP contribution >= 0.6 is 0 Å². The predicted octanol–water partition coefficient (Wildman–Crippen LogP) is 2.15. The zero-order valence-electron chi connectivity index (χ0n) is 10.7. The van der Waals surface area contributed by atoms with Crippen LogP contribution in [0, 0.1) is 5.92 Å². The molecule has 0 unspecified atom stereocenters. The molecule has 0 aliphatic carbocycles. The van der Waals surface area contributed by atoms with Crippen LogP contribution in [0.2, 0.25) is 0 Å². The molecule has 0 saturated carbocycles. The first-order valence-electron chi connectivity index (χ1n) is 6.73. The molecule has 0 aromatic heterocycles. The van der Waals surface area contributed by atoms with Crippen LogP contribution < -0.4 is 5.73 Å². The summed E-state index contributed by atoms with van der Waals surface area (Å²) in [5.41, 5.74) is 5.92. The number of piperidine rings is 1. The highest BCUT2D eigenvalue weighted by atomic mass is 16.2. The topological polar surface area (TPSA) is 46.3 Å². The van der Waals surface area contributed by atoms with Crippen molar-refractivity contribution in [2.45, 2.75) is 58.4 Å². The maximum absolute atomic E-state index is 12.3. The fourth-order valence-corrected chi connectivity index (χ4v) is 2.56. The van der Waals surface area contributed by atoms with Crippen molar-refractivity contribution < 1.29 is 4.79 Å². The van der Waals surface area contributed by atoms with E-state index < -0.39 is 0 Å². The molecule has 0 radical (unpaired) electrons. The number of rotatable bonds is 5. The van der Waals surface area contributed by atoms with Gasteiger partial charge in [0.15, 0.2) is 0 Å². The Balaban J connectivity index is 2.51. The average molecular weight is 226 g/mol. The first-order valence-corrected chi connectivity index (χ1v) is 6.73. The van der Waals surface area contributed by atoms with Crippen LogP contribution in [0.4, 0.5) is 0 Å². The Labute approximate surface area is 99.4 Å².